The molecule has 2 aliphatic heterocycles. The van der Waals surface area contributed by atoms with Crippen LogP contribution >= 0.6 is 0 Å². The van der Waals surface area contributed by atoms with Gasteiger partial charge in [-0.15, -0.1) is 6.58 Å². The number of hydrogen-bond donors (Lipinski definition) is 1. The number of amides is 3. The maximum absolute atomic E-state index is 13.5. The maximum Gasteiger partial charge on any atom is 0.411 e. The molecule has 1 aromatic rings. The summed E-state index contributed by atoms with van der Waals surface area (Å²) in [5.74, 6) is -1.33. The molecule has 2 fully saturated rings. The number of fused-ring (bicyclic) bond motifs is 1. The second-order valence-electron chi connectivity index (χ2n) is 11.1. The molecule has 4 rings (SSSR count). The summed E-state index contributed by atoms with van der Waals surface area (Å²) in [6.45, 7) is 11.8. The van der Waals surface area contributed by atoms with Crippen LogP contribution in [-0.2, 0) is 36.8 Å². The molecule has 1 aromatic carbocycles. The molecule has 0 unspecified atom stereocenters. The van der Waals surface area contributed by atoms with Gasteiger partial charge in [0.2, 0.25) is 5.91 Å². The summed E-state index contributed by atoms with van der Waals surface area (Å²) in [7, 11) is 0. The summed E-state index contributed by atoms with van der Waals surface area (Å²) in [4.78, 5) is 55.1. The lowest BCUT2D eigenvalue weighted by molar-refractivity contribution is -0.149. The lowest BCUT2D eigenvalue weighted by atomic mass is 10.0. The second kappa shape index (κ2) is 10.7. The van der Waals surface area contributed by atoms with Crippen LogP contribution in [-0.4, -0.2) is 76.8 Å². The van der Waals surface area contributed by atoms with Gasteiger partial charge in [0, 0.05) is 25.4 Å². The Bertz CT molecular complexity index is 1110. The third-order valence-electron chi connectivity index (χ3n) is 7.13. The smallest absolute Gasteiger partial charge is 0.411 e. The Kier molecular flexibility index (Phi) is 7.71. The number of hydrogen-bond acceptors (Lipinski definition) is 7. The zero-order chi connectivity index (χ0) is 27.7. The van der Waals surface area contributed by atoms with Crippen LogP contribution in [0.4, 0.5) is 9.59 Å². The van der Waals surface area contributed by atoms with E-state index in [0.717, 1.165) is 12.0 Å². The molecule has 0 spiro atoms. The van der Waals surface area contributed by atoms with Gasteiger partial charge in [-0.2, -0.15) is 0 Å². The highest BCUT2D eigenvalue weighted by molar-refractivity contribution is 5.95. The summed E-state index contributed by atoms with van der Waals surface area (Å²) < 4.78 is 16.5. The number of esters is 1. The number of nitrogens with one attached hydrogen (secondary N) is 1. The average molecular weight is 528 g/mol. The molecule has 38 heavy (non-hydrogen) atoms. The van der Waals surface area contributed by atoms with Crippen molar-refractivity contribution in [2.75, 3.05) is 19.7 Å². The molecule has 0 radical (unpaired) electrons. The quantitative estimate of drug-likeness (QED) is 0.343. The van der Waals surface area contributed by atoms with Gasteiger partial charge in [-0.1, -0.05) is 30.3 Å². The van der Waals surface area contributed by atoms with Crippen LogP contribution in [0.1, 0.15) is 51.7 Å². The van der Waals surface area contributed by atoms with Crippen molar-refractivity contribution in [3.8, 4) is 0 Å². The van der Waals surface area contributed by atoms with Gasteiger partial charge in [-0.05, 0) is 51.7 Å². The minimum Gasteiger partial charge on any atom is -0.464 e. The Morgan fingerprint density at radius 1 is 1.16 bits per heavy atom. The van der Waals surface area contributed by atoms with Crippen molar-refractivity contribution in [3.05, 3.63) is 48.0 Å². The molecule has 1 saturated heterocycles. The molecule has 10 nitrogen and oxygen atoms in total. The third kappa shape index (κ3) is 5.79. The van der Waals surface area contributed by atoms with E-state index in [9.17, 15) is 19.2 Å². The normalized spacial score (nSPS) is 26.2. The first kappa shape index (κ1) is 27.5. The van der Waals surface area contributed by atoms with Crippen LogP contribution in [0.5, 0.6) is 0 Å². The Morgan fingerprint density at radius 3 is 2.50 bits per heavy atom. The van der Waals surface area contributed by atoms with Crippen LogP contribution in [0, 0.1) is 5.92 Å². The number of nitrogens with zero attached hydrogens (tertiary/aromatic N) is 2. The zero-order valence-corrected chi connectivity index (χ0v) is 22.5. The van der Waals surface area contributed by atoms with Gasteiger partial charge in [-0.25, -0.2) is 14.4 Å². The van der Waals surface area contributed by atoms with Gasteiger partial charge in [0.25, 0.3) is 0 Å². The van der Waals surface area contributed by atoms with Crippen molar-refractivity contribution in [1.29, 1.82) is 0 Å². The van der Waals surface area contributed by atoms with Gasteiger partial charge in [-0.3, -0.25) is 9.69 Å². The van der Waals surface area contributed by atoms with Crippen molar-refractivity contribution >= 4 is 24.1 Å². The molecular weight excluding hydrogens is 490 g/mol. The first-order valence-electron chi connectivity index (χ1n) is 13.1. The molecule has 206 valence electrons. The summed E-state index contributed by atoms with van der Waals surface area (Å²) >= 11 is 0. The van der Waals surface area contributed by atoms with Crippen molar-refractivity contribution in [2.45, 2.75) is 76.8 Å². The maximum atomic E-state index is 13.5. The molecule has 10 heteroatoms. The molecule has 3 amide bonds. The number of rotatable bonds is 6. The third-order valence-corrected chi connectivity index (χ3v) is 7.13. The van der Waals surface area contributed by atoms with E-state index < -0.39 is 47.3 Å². The van der Waals surface area contributed by atoms with Crippen LogP contribution < -0.4 is 5.32 Å². The first-order chi connectivity index (χ1) is 18.0. The van der Waals surface area contributed by atoms with Crippen molar-refractivity contribution in [2.24, 2.45) is 5.92 Å². The van der Waals surface area contributed by atoms with E-state index in [2.05, 4.69) is 18.0 Å². The van der Waals surface area contributed by atoms with Gasteiger partial charge >= 0.3 is 18.2 Å². The molecule has 2 heterocycles. The zero-order valence-electron chi connectivity index (χ0n) is 22.5. The lowest BCUT2D eigenvalue weighted by Gasteiger charge is -2.29. The summed E-state index contributed by atoms with van der Waals surface area (Å²) in [5, 5.41) is 2.81. The summed E-state index contributed by atoms with van der Waals surface area (Å²) in [6.07, 6.45) is 0.893. The Labute approximate surface area is 223 Å². The molecule has 0 bridgehead atoms. The molecule has 3 aliphatic rings. The highest BCUT2D eigenvalue weighted by atomic mass is 16.6. The molecule has 1 aliphatic carbocycles. The van der Waals surface area contributed by atoms with Crippen LogP contribution in [0.25, 0.3) is 0 Å². The average Bonchev–Trinajstić information content (AvgIpc) is 3.42. The number of carbonyl (C=O) groups is 4. The highest BCUT2D eigenvalue weighted by Crippen LogP contribution is 2.45. The van der Waals surface area contributed by atoms with Crippen LogP contribution in [0.3, 0.4) is 0 Å². The van der Waals surface area contributed by atoms with Gasteiger partial charge in [0.05, 0.1) is 13.2 Å². The molecule has 1 N–H and O–H groups in total. The topological polar surface area (TPSA) is 114 Å². The van der Waals surface area contributed by atoms with Gasteiger partial charge in [0.1, 0.15) is 23.3 Å². The van der Waals surface area contributed by atoms with Crippen LogP contribution in [0.2, 0.25) is 0 Å². The Morgan fingerprint density at radius 2 is 1.87 bits per heavy atom. The van der Waals surface area contributed by atoms with Crippen molar-refractivity contribution in [1.82, 2.24) is 15.1 Å². The van der Waals surface area contributed by atoms with Gasteiger partial charge < -0.3 is 24.4 Å². The van der Waals surface area contributed by atoms with E-state index >= 15 is 0 Å². The van der Waals surface area contributed by atoms with E-state index in [-0.39, 0.29) is 25.5 Å². The van der Waals surface area contributed by atoms with E-state index in [1.165, 1.54) is 10.5 Å². The number of ether oxygens (including phenoxy) is 3. The van der Waals surface area contributed by atoms with Crippen molar-refractivity contribution in [3.63, 3.8) is 0 Å². The standard InChI is InChI=1S/C28H37N3O7/c1-6-20-15-28(20,24(33)36-7-2)29-23(32)22-14-21(17-31(22)26(35)38-27(3,4)5)37-25(34)30-13-12-18-10-8-9-11-19(18)16-30/h6,8-11,20-22H,1,7,12-17H2,2-5H3,(H,29,32)/t20-,21-,22+,28-/m1/s1. The fourth-order valence-electron chi connectivity index (χ4n) is 5.09. The molecular formula is C28H37N3O7. The van der Waals surface area contributed by atoms with Crippen molar-refractivity contribution < 1.29 is 33.4 Å². The largest absolute Gasteiger partial charge is 0.464 e. The predicted octanol–water partition coefficient (Wildman–Crippen LogP) is 3.18. The predicted molar refractivity (Wildman–Crippen MR) is 138 cm³/mol. The fraction of sp³-hybridized carbons (Fsp3) is 0.571. The summed E-state index contributed by atoms with van der Waals surface area (Å²) in [5.41, 5.74) is 0.286. The van der Waals surface area contributed by atoms with E-state index in [4.69, 9.17) is 14.2 Å². The lowest BCUT2D eigenvalue weighted by Crippen LogP contribution is -2.53. The van der Waals surface area contributed by atoms with Crippen LogP contribution in [0.15, 0.2) is 36.9 Å². The highest BCUT2D eigenvalue weighted by Gasteiger charge is 2.62. The van der Waals surface area contributed by atoms with E-state index in [1.807, 2.05) is 18.2 Å². The second-order valence-corrected chi connectivity index (χ2v) is 11.1. The SMILES string of the molecule is C=C[C@@H]1C[C@]1(NC(=O)[C@@H]1C[C@@H](OC(=O)N2CCc3ccccc3C2)CN1C(=O)OC(C)(C)C)C(=O)OCC. The monoisotopic (exact) mass is 527 g/mol. The molecule has 1 saturated carbocycles. The number of benzene rings is 1. The van der Waals surface area contributed by atoms with E-state index in [1.54, 1.807) is 38.7 Å². The Balaban J connectivity index is 1.47. The number of carbonyl (C=O) groups excluding carboxylic acids is 4. The molecule has 4 atom stereocenters. The van der Waals surface area contributed by atoms with Gasteiger partial charge in [0.15, 0.2) is 0 Å². The minimum atomic E-state index is -1.20. The molecule has 0 aromatic heterocycles. The minimum absolute atomic E-state index is 0.000457. The Hall–Kier alpha value is -3.56. The number of likely N-dealkylation sites (tertiary alicyclic amines) is 1. The summed E-state index contributed by atoms with van der Waals surface area (Å²) in [6, 6.07) is 6.97. The first-order valence-corrected chi connectivity index (χ1v) is 13.1. The fourth-order valence-corrected chi connectivity index (χ4v) is 5.09. The van der Waals surface area contributed by atoms with E-state index in [0.29, 0.717) is 19.5 Å².